The summed E-state index contributed by atoms with van der Waals surface area (Å²) in [7, 11) is 1.45. The minimum Gasteiger partial charge on any atom is -0.466 e. The molecule has 2 rings (SSSR count). The maximum atomic E-state index is 11.8. The molecule has 2 aromatic rings. The van der Waals surface area contributed by atoms with E-state index >= 15 is 0 Å². The SMILES string of the molecule is COc1n[nH]c(NC(=O)c2cc(C)c(Br)s2)n1. The predicted molar refractivity (Wildman–Crippen MR) is 67.6 cm³/mol. The monoisotopic (exact) mass is 316 g/mol. The van der Waals surface area contributed by atoms with Crippen LogP contribution in [0.2, 0.25) is 0 Å². The molecule has 0 saturated heterocycles. The topological polar surface area (TPSA) is 79.9 Å². The third-order valence-corrected chi connectivity index (χ3v) is 4.10. The van der Waals surface area contributed by atoms with Gasteiger partial charge in [-0.2, -0.15) is 4.98 Å². The average Bonchev–Trinajstić information content (AvgIpc) is 2.87. The van der Waals surface area contributed by atoms with Gasteiger partial charge in [-0.15, -0.1) is 16.4 Å². The first kappa shape index (κ1) is 12.1. The summed E-state index contributed by atoms with van der Waals surface area (Å²) in [6, 6.07) is 1.99. The van der Waals surface area contributed by atoms with Crippen molar-refractivity contribution < 1.29 is 9.53 Å². The quantitative estimate of drug-likeness (QED) is 0.909. The molecule has 0 unspecified atom stereocenters. The smallest absolute Gasteiger partial charge is 0.336 e. The zero-order chi connectivity index (χ0) is 12.4. The van der Waals surface area contributed by atoms with Gasteiger partial charge in [-0.1, -0.05) is 0 Å². The Kier molecular flexibility index (Phi) is 3.43. The molecule has 0 aliphatic rings. The second-order valence-electron chi connectivity index (χ2n) is 3.19. The number of nitrogens with one attached hydrogen (secondary N) is 2. The fourth-order valence-electron chi connectivity index (χ4n) is 1.13. The minimum absolute atomic E-state index is 0.184. The Morgan fingerprint density at radius 1 is 1.65 bits per heavy atom. The van der Waals surface area contributed by atoms with Crippen LogP contribution >= 0.6 is 27.3 Å². The first-order valence-corrected chi connectivity index (χ1v) is 6.24. The molecular weight excluding hydrogens is 308 g/mol. The first-order valence-electron chi connectivity index (χ1n) is 4.64. The number of carbonyl (C=O) groups excluding carboxylic acids is 1. The van der Waals surface area contributed by atoms with Crippen molar-refractivity contribution in [3.63, 3.8) is 0 Å². The second kappa shape index (κ2) is 4.84. The highest BCUT2D eigenvalue weighted by Gasteiger charge is 2.13. The van der Waals surface area contributed by atoms with E-state index in [9.17, 15) is 4.79 Å². The summed E-state index contributed by atoms with van der Waals surface area (Å²) in [4.78, 5) is 16.3. The standard InChI is InChI=1S/C9H9BrN4O2S/c1-4-3-5(17-6(4)10)7(15)11-8-12-9(16-2)14-13-8/h3H,1-2H3,(H2,11,12,13,14,15). The Hall–Kier alpha value is -1.41. The Labute approximate surface area is 110 Å². The maximum Gasteiger partial charge on any atom is 0.336 e. The molecule has 0 saturated carbocycles. The number of halogens is 1. The Bertz CT molecular complexity index is 531. The molecule has 0 aromatic carbocycles. The molecule has 6 nitrogen and oxygen atoms in total. The van der Waals surface area contributed by atoms with Gasteiger partial charge in [0.2, 0.25) is 5.95 Å². The minimum atomic E-state index is -0.234. The Balaban J connectivity index is 2.11. The molecule has 0 fully saturated rings. The number of anilines is 1. The van der Waals surface area contributed by atoms with Crippen molar-refractivity contribution in [2.24, 2.45) is 0 Å². The van der Waals surface area contributed by atoms with Crippen LogP contribution in [0.25, 0.3) is 0 Å². The average molecular weight is 317 g/mol. The number of ether oxygens (including phenoxy) is 1. The highest BCUT2D eigenvalue weighted by atomic mass is 79.9. The van der Waals surface area contributed by atoms with Gasteiger partial charge in [0.15, 0.2) is 0 Å². The van der Waals surface area contributed by atoms with Crippen LogP contribution in [-0.2, 0) is 0 Å². The van der Waals surface area contributed by atoms with Gasteiger partial charge in [0.1, 0.15) is 0 Å². The summed E-state index contributed by atoms with van der Waals surface area (Å²) >= 11 is 4.73. The summed E-state index contributed by atoms with van der Waals surface area (Å²) in [6.45, 7) is 1.93. The normalized spacial score (nSPS) is 10.3. The molecule has 1 amide bonds. The van der Waals surface area contributed by atoms with E-state index < -0.39 is 0 Å². The van der Waals surface area contributed by atoms with E-state index in [1.54, 1.807) is 6.07 Å². The van der Waals surface area contributed by atoms with Gasteiger partial charge in [0.25, 0.3) is 5.91 Å². The summed E-state index contributed by atoms with van der Waals surface area (Å²) in [5, 5.41) is 8.87. The zero-order valence-corrected chi connectivity index (χ0v) is 11.5. The number of aromatic nitrogens is 3. The van der Waals surface area contributed by atoms with E-state index in [1.165, 1.54) is 18.4 Å². The molecule has 0 aliphatic heterocycles. The molecule has 0 spiro atoms. The van der Waals surface area contributed by atoms with Crippen molar-refractivity contribution in [1.82, 2.24) is 15.2 Å². The number of aromatic amines is 1. The molecule has 2 aromatic heterocycles. The van der Waals surface area contributed by atoms with E-state index in [-0.39, 0.29) is 17.9 Å². The lowest BCUT2D eigenvalue weighted by atomic mass is 10.3. The molecule has 90 valence electrons. The fraction of sp³-hybridized carbons (Fsp3) is 0.222. The first-order chi connectivity index (χ1) is 8.10. The number of methoxy groups -OCH3 is 1. The lowest BCUT2D eigenvalue weighted by Gasteiger charge is -1.96. The van der Waals surface area contributed by atoms with E-state index in [0.717, 1.165) is 9.35 Å². The second-order valence-corrected chi connectivity index (χ2v) is 5.56. The molecule has 0 aliphatic carbocycles. The number of amides is 1. The van der Waals surface area contributed by atoms with Gasteiger partial charge in [0, 0.05) is 0 Å². The highest BCUT2D eigenvalue weighted by molar-refractivity contribution is 9.11. The molecule has 2 N–H and O–H groups in total. The van der Waals surface area contributed by atoms with Gasteiger partial charge >= 0.3 is 6.01 Å². The van der Waals surface area contributed by atoms with Crippen LogP contribution in [0.1, 0.15) is 15.2 Å². The van der Waals surface area contributed by atoms with Crippen LogP contribution in [0.4, 0.5) is 5.95 Å². The molecule has 8 heteroatoms. The Morgan fingerprint density at radius 3 is 2.94 bits per heavy atom. The molecule has 17 heavy (non-hydrogen) atoms. The highest BCUT2D eigenvalue weighted by Crippen LogP contribution is 2.27. The van der Waals surface area contributed by atoms with Gasteiger partial charge in [-0.3, -0.25) is 10.1 Å². The van der Waals surface area contributed by atoms with Crippen molar-refractivity contribution >= 4 is 39.1 Å². The third-order valence-electron chi connectivity index (χ3n) is 1.96. The number of H-pyrrole nitrogens is 1. The van der Waals surface area contributed by atoms with Gasteiger partial charge < -0.3 is 4.74 Å². The van der Waals surface area contributed by atoms with Gasteiger partial charge in [-0.05, 0) is 34.5 Å². The number of carbonyl (C=O) groups is 1. The van der Waals surface area contributed by atoms with Crippen LogP contribution in [0, 0.1) is 6.92 Å². The zero-order valence-electron chi connectivity index (χ0n) is 9.07. The van der Waals surface area contributed by atoms with E-state index in [0.29, 0.717) is 4.88 Å². The van der Waals surface area contributed by atoms with E-state index in [4.69, 9.17) is 4.74 Å². The summed E-state index contributed by atoms with van der Waals surface area (Å²) < 4.78 is 5.74. The van der Waals surface area contributed by atoms with Gasteiger partial charge in [0.05, 0.1) is 15.8 Å². The lowest BCUT2D eigenvalue weighted by Crippen LogP contribution is -2.11. The molecule has 0 bridgehead atoms. The van der Waals surface area contributed by atoms with Crippen molar-refractivity contribution in [2.75, 3.05) is 12.4 Å². The fourth-order valence-corrected chi connectivity index (χ4v) is 2.56. The third kappa shape index (κ3) is 2.64. The van der Waals surface area contributed by atoms with Crippen LogP contribution < -0.4 is 10.1 Å². The van der Waals surface area contributed by atoms with Crippen LogP contribution in [-0.4, -0.2) is 28.2 Å². The van der Waals surface area contributed by atoms with Crippen molar-refractivity contribution in [3.05, 3.63) is 20.3 Å². The van der Waals surface area contributed by atoms with Crippen LogP contribution in [0.15, 0.2) is 9.85 Å². The number of nitrogens with zero attached hydrogens (tertiary/aromatic N) is 2. The lowest BCUT2D eigenvalue weighted by molar-refractivity contribution is 0.102. The van der Waals surface area contributed by atoms with Crippen LogP contribution in [0.3, 0.4) is 0 Å². The van der Waals surface area contributed by atoms with Crippen LogP contribution in [0.5, 0.6) is 6.01 Å². The summed E-state index contributed by atoms with van der Waals surface area (Å²) in [6.07, 6.45) is 0. The van der Waals surface area contributed by atoms with Crippen molar-refractivity contribution in [1.29, 1.82) is 0 Å². The van der Waals surface area contributed by atoms with E-state index in [2.05, 4.69) is 36.4 Å². The number of rotatable bonds is 3. The molecule has 2 heterocycles. The van der Waals surface area contributed by atoms with Gasteiger partial charge in [-0.25, -0.2) is 5.10 Å². The summed E-state index contributed by atoms with van der Waals surface area (Å²) in [5.74, 6) is 0.0247. The number of aryl methyl sites for hydroxylation is 1. The number of thiophene rings is 1. The van der Waals surface area contributed by atoms with Crippen molar-refractivity contribution in [3.8, 4) is 6.01 Å². The Morgan fingerprint density at radius 2 is 2.41 bits per heavy atom. The largest absolute Gasteiger partial charge is 0.466 e. The van der Waals surface area contributed by atoms with Crippen molar-refractivity contribution in [2.45, 2.75) is 6.92 Å². The molecule has 0 atom stereocenters. The maximum absolute atomic E-state index is 11.8. The molecule has 0 radical (unpaired) electrons. The predicted octanol–water partition coefficient (Wildman–Crippen LogP) is 2.20. The molecular formula is C9H9BrN4O2S. The van der Waals surface area contributed by atoms with E-state index in [1.807, 2.05) is 6.92 Å². The summed E-state index contributed by atoms with van der Waals surface area (Å²) in [5.41, 5.74) is 1.02. The number of hydrogen-bond acceptors (Lipinski definition) is 5. The number of hydrogen-bond donors (Lipinski definition) is 2.